The van der Waals surface area contributed by atoms with Crippen molar-refractivity contribution < 1.29 is 4.21 Å². The van der Waals surface area contributed by atoms with Gasteiger partial charge in [0.2, 0.25) is 0 Å². The molecule has 1 saturated heterocycles. The lowest BCUT2D eigenvalue weighted by Crippen LogP contribution is -2.15. The Labute approximate surface area is 86.4 Å². The Morgan fingerprint density at radius 2 is 2.29 bits per heavy atom. The van der Waals surface area contributed by atoms with Crippen molar-refractivity contribution in [3.63, 3.8) is 0 Å². The molecule has 1 aliphatic heterocycles. The molecule has 0 saturated carbocycles. The summed E-state index contributed by atoms with van der Waals surface area (Å²) in [7, 11) is -0.853. The van der Waals surface area contributed by atoms with Gasteiger partial charge in [-0.2, -0.15) is 0 Å². The molecule has 1 N–H and O–H groups in total. The molecule has 4 heteroatoms. The van der Waals surface area contributed by atoms with Crippen molar-refractivity contribution in [2.24, 2.45) is 5.92 Å². The van der Waals surface area contributed by atoms with Crippen LogP contribution in [0.5, 0.6) is 0 Å². The zero-order valence-corrected chi connectivity index (χ0v) is 8.80. The van der Waals surface area contributed by atoms with E-state index in [2.05, 4.69) is 10.3 Å². The SMILES string of the molecule is O=[S@](C[C@@H]1CCNC1)c1ccncc1. The summed E-state index contributed by atoms with van der Waals surface area (Å²) in [6, 6.07) is 3.66. The maximum atomic E-state index is 11.9. The number of nitrogens with zero attached hydrogens (tertiary/aromatic N) is 1. The first-order valence-electron chi connectivity index (χ1n) is 4.85. The first-order chi connectivity index (χ1) is 6.86. The Kier molecular flexibility index (Phi) is 3.26. The van der Waals surface area contributed by atoms with E-state index >= 15 is 0 Å². The smallest absolute Gasteiger partial charge is 0.0533 e. The largest absolute Gasteiger partial charge is 0.316 e. The molecule has 14 heavy (non-hydrogen) atoms. The second kappa shape index (κ2) is 4.66. The third-order valence-electron chi connectivity index (χ3n) is 2.46. The van der Waals surface area contributed by atoms with Crippen molar-refractivity contribution in [1.82, 2.24) is 10.3 Å². The maximum absolute atomic E-state index is 11.9. The Balaban J connectivity index is 1.95. The summed E-state index contributed by atoms with van der Waals surface area (Å²) in [6.07, 6.45) is 4.54. The summed E-state index contributed by atoms with van der Waals surface area (Å²) < 4.78 is 11.9. The molecule has 0 radical (unpaired) electrons. The first kappa shape index (κ1) is 9.80. The molecule has 2 rings (SSSR count). The van der Waals surface area contributed by atoms with Gasteiger partial charge in [0.25, 0.3) is 0 Å². The molecular formula is C10H14N2OS. The van der Waals surface area contributed by atoms with Crippen LogP contribution in [0.25, 0.3) is 0 Å². The summed E-state index contributed by atoms with van der Waals surface area (Å²) in [5.41, 5.74) is 0. The zero-order chi connectivity index (χ0) is 9.80. The summed E-state index contributed by atoms with van der Waals surface area (Å²) in [6.45, 7) is 2.08. The monoisotopic (exact) mass is 210 g/mol. The van der Waals surface area contributed by atoms with E-state index in [1.807, 2.05) is 12.1 Å². The highest BCUT2D eigenvalue weighted by atomic mass is 32.2. The quantitative estimate of drug-likeness (QED) is 0.802. The number of hydrogen-bond donors (Lipinski definition) is 1. The normalized spacial score (nSPS) is 23.6. The van der Waals surface area contributed by atoms with Crippen LogP contribution >= 0.6 is 0 Å². The molecule has 0 spiro atoms. The van der Waals surface area contributed by atoms with Gasteiger partial charge in [-0.3, -0.25) is 9.19 Å². The molecule has 0 bridgehead atoms. The third-order valence-corrected chi connectivity index (χ3v) is 4.03. The van der Waals surface area contributed by atoms with E-state index in [1.54, 1.807) is 12.4 Å². The molecule has 1 aromatic heterocycles. The van der Waals surface area contributed by atoms with Gasteiger partial charge in [0.05, 0.1) is 10.8 Å². The van der Waals surface area contributed by atoms with Crippen LogP contribution < -0.4 is 5.32 Å². The number of pyridine rings is 1. The first-order valence-corrected chi connectivity index (χ1v) is 6.17. The number of aromatic nitrogens is 1. The van der Waals surface area contributed by atoms with Crippen LogP contribution in [0.2, 0.25) is 0 Å². The highest BCUT2D eigenvalue weighted by Gasteiger charge is 2.17. The maximum Gasteiger partial charge on any atom is 0.0533 e. The Bertz CT molecular complexity index is 309. The second-order valence-electron chi connectivity index (χ2n) is 3.55. The van der Waals surface area contributed by atoms with E-state index in [4.69, 9.17) is 0 Å². The van der Waals surface area contributed by atoms with E-state index in [1.165, 1.54) is 0 Å². The average Bonchev–Trinajstić information content (AvgIpc) is 2.72. The summed E-state index contributed by atoms with van der Waals surface area (Å²) in [4.78, 5) is 4.81. The fraction of sp³-hybridized carbons (Fsp3) is 0.500. The molecular weight excluding hydrogens is 196 g/mol. The van der Waals surface area contributed by atoms with Gasteiger partial charge in [-0.15, -0.1) is 0 Å². The fourth-order valence-corrected chi connectivity index (χ4v) is 2.99. The highest BCUT2D eigenvalue weighted by molar-refractivity contribution is 7.85. The van der Waals surface area contributed by atoms with Crippen molar-refractivity contribution in [1.29, 1.82) is 0 Å². The van der Waals surface area contributed by atoms with Crippen LogP contribution in [0.4, 0.5) is 0 Å². The van der Waals surface area contributed by atoms with Gasteiger partial charge in [0.1, 0.15) is 0 Å². The van der Waals surface area contributed by atoms with Gasteiger partial charge in [-0.05, 0) is 37.6 Å². The molecule has 0 aromatic carbocycles. The molecule has 1 aromatic rings. The van der Waals surface area contributed by atoms with Crippen molar-refractivity contribution in [3.8, 4) is 0 Å². The molecule has 0 amide bonds. The highest BCUT2D eigenvalue weighted by Crippen LogP contribution is 2.13. The fourth-order valence-electron chi connectivity index (χ4n) is 1.66. The van der Waals surface area contributed by atoms with Crippen LogP contribution in [0, 0.1) is 5.92 Å². The molecule has 0 aliphatic carbocycles. The van der Waals surface area contributed by atoms with Crippen LogP contribution in [0.1, 0.15) is 6.42 Å². The predicted octanol–water partition coefficient (Wildman–Crippen LogP) is 0.799. The van der Waals surface area contributed by atoms with Gasteiger partial charge in [0.15, 0.2) is 0 Å². The van der Waals surface area contributed by atoms with Crippen LogP contribution in [-0.2, 0) is 10.8 Å². The van der Waals surface area contributed by atoms with Gasteiger partial charge in [0, 0.05) is 23.0 Å². The van der Waals surface area contributed by atoms with Gasteiger partial charge >= 0.3 is 0 Å². The topological polar surface area (TPSA) is 42.0 Å². The average molecular weight is 210 g/mol. The third kappa shape index (κ3) is 2.39. The number of hydrogen-bond acceptors (Lipinski definition) is 3. The van der Waals surface area contributed by atoms with E-state index in [0.717, 1.165) is 30.2 Å². The Morgan fingerprint density at radius 1 is 1.50 bits per heavy atom. The van der Waals surface area contributed by atoms with Crippen LogP contribution in [0.3, 0.4) is 0 Å². The minimum Gasteiger partial charge on any atom is -0.316 e. The minimum atomic E-state index is -0.853. The second-order valence-corrected chi connectivity index (χ2v) is 5.05. The van der Waals surface area contributed by atoms with Crippen molar-refractivity contribution >= 4 is 10.8 Å². The summed E-state index contributed by atoms with van der Waals surface area (Å²) in [5.74, 6) is 1.35. The molecule has 3 nitrogen and oxygen atoms in total. The lowest BCUT2D eigenvalue weighted by Gasteiger charge is -2.07. The van der Waals surface area contributed by atoms with Crippen LogP contribution in [0.15, 0.2) is 29.4 Å². The van der Waals surface area contributed by atoms with Crippen molar-refractivity contribution in [3.05, 3.63) is 24.5 Å². The van der Waals surface area contributed by atoms with E-state index in [-0.39, 0.29) is 0 Å². The molecule has 1 fully saturated rings. The van der Waals surface area contributed by atoms with Crippen LogP contribution in [-0.4, -0.2) is 28.0 Å². The molecule has 76 valence electrons. The minimum absolute atomic E-state index is 0.573. The molecule has 1 aliphatic rings. The van der Waals surface area contributed by atoms with Gasteiger partial charge < -0.3 is 5.32 Å². The number of nitrogens with one attached hydrogen (secondary N) is 1. The predicted molar refractivity (Wildman–Crippen MR) is 56.5 cm³/mol. The van der Waals surface area contributed by atoms with E-state index in [0.29, 0.717) is 5.92 Å². The lowest BCUT2D eigenvalue weighted by molar-refractivity contribution is 0.633. The van der Waals surface area contributed by atoms with Crippen molar-refractivity contribution in [2.75, 3.05) is 18.8 Å². The standard InChI is InChI=1S/C10H14N2OS/c13-14(8-9-1-4-12-7-9)10-2-5-11-6-3-10/h2-3,5-6,9,12H,1,4,7-8H2/t9-,14-/m1/s1. The lowest BCUT2D eigenvalue weighted by atomic mass is 10.2. The summed E-state index contributed by atoms with van der Waals surface area (Å²) >= 11 is 0. The van der Waals surface area contributed by atoms with Gasteiger partial charge in [-0.1, -0.05) is 0 Å². The molecule has 2 heterocycles. The molecule has 0 unspecified atom stereocenters. The molecule has 2 atom stereocenters. The van der Waals surface area contributed by atoms with Gasteiger partial charge in [-0.25, -0.2) is 0 Å². The van der Waals surface area contributed by atoms with Crippen molar-refractivity contribution in [2.45, 2.75) is 11.3 Å². The van der Waals surface area contributed by atoms with E-state index in [9.17, 15) is 4.21 Å². The number of rotatable bonds is 3. The summed E-state index contributed by atoms with van der Waals surface area (Å²) in [5, 5.41) is 3.28. The Morgan fingerprint density at radius 3 is 2.93 bits per heavy atom. The van der Waals surface area contributed by atoms with E-state index < -0.39 is 10.8 Å². The Hall–Kier alpha value is -0.740. The zero-order valence-electron chi connectivity index (χ0n) is 7.98.